The highest BCUT2D eigenvalue weighted by Gasteiger charge is 2.20. The van der Waals surface area contributed by atoms with Gasteiger partial charge in [0, 0.05) is 18.8 Å². The number of nitrogens with one attached hydrogen (secondary N) is 1. The Morgan fingerprint density at radius 2 is 1.88 bits per heavy atom. The molecule has 1 aromatic heterocycles. The monoisotopic (exact) mass is 342 g/mol. The number of pyridine rings is 1. The molecule has 1 amide bonds. The number of rotatable bonds is 7. The summed E-state index contributed by atoms with van der Waals surface area (Å²) in [6.45, 7) is 4.07. The van der Waals surface area contributed by atoms with Gasteiger partial charge in [0.05, 0.1) is 5.56 Å². The Morgan fingerprint density at radius 3 is 2.44 bits per heavy atom. The summed E-state index contributed by atoms with van der Waals surface area (Å²) >= 11 is 0. The molecule has 0 aliphatic rings. The molecule has 1 unspecified atom stereocenters. The Kier molecular flexibility index (Phi) is 6.11. The summed E-state index contributed by atoms with van der Waals surface area (Å²) in [7, 11) is 0. The lowest BCUT2D eigenvalue weighted by atomic mass is 10.1. The summed E-state index contributed by atoms with van der Waals surface area (Å²) < 4.78 is 1.46. The van der Waals surface area contributed by atoms with Crippen LogP contribution in [0.2, 0.25) is 0 Å². The lowest BCUT2D eigenvalue weighted by Gasteiger charge is -2.19. The topological polar surface area (TPSA) is 88.4 Å². The molecule has 0 fully saturated rings. The summed E-state index contributed by atoms with van der Waals surface area (Å²) in [5, 5.41) is 11.7. The Bertz CT molecular complexity index is 809. The second kappa shape index (κ2) is 8.28. The number of amides is 1. The second-order valence-corrected chi connectivity index (χ2v) is 5.97. The number of aryl methyl sites for hydroxylation is 1. The molecule has 132 valence electrons. The van der Waals surface area contributed by atoms with Gasteiger partial charge in [0.25, 0.3) is 5.56 Å². The lowest BCUT2D eigenvalue weighted by molar-refractivity contribution is -0.124. The van der Waals surface area contributed by atoms with Gasteiger partial charge in [-0.3, -0.25) is 9.59 Å². The van der Waals surface area contributed by atoms with Crippen molar-refractivity contribution in [3.63, 3.8) is 0 Å². The van der Waals surface area contributed by atoms with Crippen LogP contribution in [0, 0.1) is 6.92 Å². The number of aromatic nitrogens is 1. The normalized spacial score (nSPS) is 11.8. The van der Waals surface area contributed by atoms with Gasteiger partial charge in [-0.05, 0) is 42.7 Å². The zero-order valence-corrected chi connectivity index (χ0v) is 14.4. The van der Waals surface area contributed by atoms with E-state index in [1.165, 1.54) is 22.8 Å². The second-order valence-electron chi connectivity index (χ2n) is 5.97. The molecule has 0 saturated heterocycles. The maximum absolute atomic E-state index is 12.6. The third kappa shape index (κ3) is 4.79. The van der Waals surface area contributed by atoms with E-state index >= 15 is 0 Å². The molecule has 6 nitrogen and oxygen atoms in total. The number of nitrogens with zero attached hydrogens (tertiary/aromatic N) is 1. The van der Waals surface area contributed by atoms with Crippen molar-refractivity contribution in [2.24, 2.45) is 0 Å². The van der Waals surface area contributed by atoms with Crippen LogP contribution in [-0.2, 0) is 11.3 Å². The Balaban J connectivity index is 2.10. The number of carboxylic acid groups (broad SMARTS) is 1. The molecule has 0 radical (unpaired) electrons. The summed E-state index contributed by atoms with van der Waals surface area (Å²) in [6.07, 6.45) is 2.98. The van der Waals surface area contributed by atoms with E-state index in [0.29, 0.717) is 6.42 Å². The number of carbonyl (C=O) groups is 2. The summed E-state index contributed by atoms with van der Waals surface area (Å²) in [6, 6.07) is 9.09. The summed E-state index contributed by atoms with van der Waals surface area (Å²) in [4.78, 5) is 35.6. The van der Waals surface area contributed by atoms with E-state index in [1.807, 2.05) is 19.9 Å². The van der Waals surface area contributed by atoms with Crippen molar-refractivity contribution in [1.82, 2.24) is 9.88 Å². The average molecular weight is 342 g/mol. The summed E-state index contributed by atoms with van der Waals surface area (Å²) in [5.74, 6) is -1.22. The first-order valence-corrected chi connectivity index (χ1v) is 8.21. The average Bonchev–Trinajstić information content (AvgIpc) is 2.58. The molecular formula is C19H22N2O4. The van der Waals surface area contributed by atoms with E-state index in [9.17, 15) is 14.4 Å². The van der Waals surface area contributed by atoms with Crippen LogP contribution in [-0.4, -0.2) is 21.6 Å². The quantitative estimate of drug-likeness (QED) is 0.809. The van der Waals surface area contributed by atoms with Crippen molar-refractivity contribution in [3.8, 4) is 0 Å². The van der Waals surface area contributed by atoms with Crippen molar-refractivity contribution in [1.29, 1.82) is 0 Å². The molecule has 25 heavy (non-hydrogen) atoms. The third-order valence-electron chi connectivity index (χ3n) is 3.97. The van der Waals surface area contributed by atoms with Crippen LogP contribution in [0.15, 0.2) is 47.4 Å². The van der Waals surface area contributed by atoms with Gasteiger partial charge < -0.3 is 15.0 Å². The van der Waals surface area contributed by atoms with Crippen molar-refractivity contribution >= 4 is 11.9 Å². The minimum Gasteiger partial charge on any atom is -0.478 e. The predicted molar refractivity (Wildman–Crippen MR) is 94.6 cm³/mol. The fourth-order valence-electron chi connectivity index (χ4n) is 2.59. The molecule has 2 rings (SSSR count). The van der Waals surface area contributed by atoms with Gasteiger partial charge in [0.1, 0.15) is 6.04 Å². The molecule has 2 N–H and O–H groups in total. The number of carbonyl (C=O) groups excluding carboxylic acids is 1. The van der Waals surface area contributed by atoms with Crippen molar-refractivity contribution < 1.29 is 14.7 Å². The molecule has 1 heterocycles. The van der Waals surface area contributed by atoms with Crippen molar-refractivity contribution in [2.45, 2.75) is 39.3 Å². The Morgan fingerprint density at radius 1 is 1.20 bits per heavy atom. The first-order chi connectivity index (χ1) is 11.9. The molecule has 0 aliphatic heterocycles. The first kappa shape index (κ1) is 18.4. The minimum absolute atomic E-state index is 0.195. The lowest BCUT2D eigenvalue weighted by Crippen LogP contribution is -2.36. The van der Waals surface area contributed by atoms with Gasteiger partial charge >= 0.3 is 5.97 Å². The molecule has 2 aromatic rings. The van der Waals surface area contributed by atoms with E-state index in [1.54, 1.807) is 18.3 Å². The number of hydrogen-bond acceptors (Lipinski definition) is 3. The highest BCUT2D eigenvalue weighted by atomic mass is 16.4. The third-order valence-corrected chi connectivity index (χ3v) is 3.97. The minimum atomic E-state index is -0.989. The van der Waals surface area contributed by atoms with Crippen LogP contribution in [0.5, 0.6) is 0 Å². The maximum Gasteiger partial charge on any atom is 0.335 e. The van der Waals surface area contributed by atoms with Gasteiger partial charge in [0.2, 0.25) is 5.91 Å². The van der Waals surface area contributed by atoms with Crippen LogP contribution < -0.4 is 10.9 Å². The molecule has 0 aliphatic carbocycles. The van der Waals surface area contributed by atoms with E-state index < -0.39 is 12.0 Å². The number of benzene rings is 1. The largest absolute Gasteiger partial charge is 0.478 e. The Labute approximate surface area is 146 Å². The predicted octanol–water partition coefficient (Wildman–Crippen LogP) is 2.51. The van der Waals surface area contributed by atoms with Crippen LogP contribution in [0.1, 0.15) is 47.3 Å². The van der Waals surface area contributed by atoms with E-state index in [-0.39, 0.29) is 23.6 Å². The van der Waals surface area contributed by atoms with Crippen LogP contribution in [0.4, 0.5) is 0 Å². The molecular weight excluding hydrogens is 320 g/mol. The summed E-state index contributed by atoms with van der Waals surface area (Å²) in [5.41, 5.74) is 1.66. The van der Waals surface area contributed by atoms with Gasteiger partial charge in [-0.2, -0.15) is 0 Å². The van der Waals surface area contributed by atoms with Crippen molar-refractivity contribution in [2.75, 3.05) is 0 Å². The standard InChI is InChI=1S/C19H22N2O4/c1-3-4-16(21-10-9-13(2)11-17(21)22)18(23)20-12-14-5-7-15(8-6-14)19(24)25/h5-11,16H,3-4,12H2,1-2H3,(H,20,23)(H,24,25). The molecule has 0 spiro atoms. The highest BCUT2D eigenvalue weighted by molar-refractivity contribution is 5.87. The molecule has 6 heteroatoms. The van der Waals surface area contributed by atoms with Gasteiger partial charge in [0.15, 0.2) is 0 Å². The molecule has 1 atom stereocenters. The number of carboxylic acids is 1. The molecule has 1 aromatic carbocycles. The zero-order chi connectivity index (χ0) is 18.4. The smallest absolute Gasteiger partial charge is 0.335 e. The number of hydrogen-bond donors (Lipinski definition) is 2. The fraction of sp³-hybridized carbons (Fsp3) is 0.316. The van der Waals surface area contributed by atoms with E-state index in [2.05, 4.69) is 5.32 Å². The maximum atomic E-state index is 12.6. The number of aromatic carboxylic acids is 1. The molecule has 0 bridgehead atoms. The van der Waals surface area contributed by atoms with Gasteiger partial charge in [-0.1, -0.05) is 25.5 Å². The van der Waals surface area contributed by atoms with E-state index in [0.717, 1.165) is 17.5 Å². The van der Waals surface area contributed by atoms with Crippen molar-refractivity contribution in [3.05, 3.63) is 69.6 Å². The van der Waals surface area contributed by atoms with Crippen LogP contribution in [0.3, 0.4) is 0 Å². The van der Waals surface area contributed by atoms with Crippen LogP contribution >= 0.6 is 0 Å². The molecule has 0 saturated carbocycles. The zero-order valence-electron chi connectivity index (χ0n) is 14.4. The Hall–Kier alpha value is -2.89. The van der Waals surface area contributed by atoms with Gasteiger partial charge in [-0.15, -0.1) is 0 Å². The fourth-order valence-corrected chi connectivity index (χ4v) is 2.59. The first-order valence-electron chi connectivity index (χ1n) is 8.21. The highest BCUT2D eigenvalue weighted by Crippen LogP contribution is 2.13. The van der Waals surface area contributed by atoms with Gasteiger partial charge in [-0.25, -0.2) is 4.79 Å². The van der Waals surface area contributed by atoms with Crippen LogP contribution in [0.25, 0.3) is 0 Å². The SMILES string of the molecule is CCCC(C(=O)NCc1ccc(C(=O)O)cc1)n1ccc(C)cc1=O. The van der Waals surface area contributed by atoms with E-state index in [4.69, 9.17) is 5.11 Å².